The first-order chi connectivity index (χ1) is 20.3. The van der Waals surface area contributed by atoms with E-state index in [-0.39, 0.29) is 47.0 Å². The molecule has 0 spiro atoms. The fourth-order valence-corrected chi connectivity index (χ4v) is 6.94. The van der Waals surface area contributed by atoms with Crippen LogP contribution in [0, 0.1) is 5.82 Å². The third-order valence-corrected chi connectivity index (χ3v) is 9.22. The fraction of sp³-hybridized carbons (Fsp3) is 0.355. The molecule has 3 atom stereocenters. The Hall–Kier alpha value is -4.02. The Balaban J connectivity index is 1.34. The highest BCUT2D eigenvalue weighted by molar-refractivity contribution is 6.36. The Kier molecular flexibility index (Phi) is 6.62. The molecule has 0 saturated carbocycles. The molecule has 3 aliphatic heterocycles. The van der Waals surface area contributed by atoms with Gasteiger partial charge in [-0.1, -0.05) is 30.3 Å². The second kappa shape index (κ2) is 10.4. The van der Waals surface area contributed by atoms with E-state index in [0.29, 0.717) is 52.3 Å². The number of nitrogens with zero attached hydrogens (tertiary/aromatic N) is 6. The summed E-state index contributed by atoms with van der Waals surface area (Å²) in [5.41, 5.74) is 0.458. The van der Waals surface area contributed by atoms with Crippen molar-refractivity contribution >= 4 is 45.0 Å². The predicted octanol–water partition coefficient (Wildman–Crippen LogP) is 4.79. The zero-order valence-electron chi connectivity index (χ0n) is 23.1. The molecular weight excluding hydrogens is 559 g/mol. The molecule has 2 aromatic heterocycles. The number of phenols is 1. The van der Waals surface area contributed by atoms with Gasteiger partial charge in [0, 0.05) is 41.3 Å². The third-order valence-electron chi connectivity index (χ3n) is 8.91. The number of benzene rings is 2. The molecule has 0 bridgehead atoms. The number of fused-ring (bicyclic) bond motifs is 3. The zero-order chi connectivity index (χ0) is 29.1. The minimum absolute atomic E-state index is 0.0210. The van der Waals surface area contributed by atoms with Crippen molar-refractivity contribution in [3.05, 3.63) is 60.0 Å². The van der Waals surface area contributed by atoms with Crippen LogP contribution in [0.5, 0.6) is 11.8 Å². The molecule has 3 saturated heterocycles. The van der Waals surface area contributed by atoms with E-state index in [9.17, 15) is 9.90 Å². The zero-order valence-corrected chi connectivity index (χ0v) is 23.9. The monoisotopic (exact) mass is 588 g/mol. The van der Waals surface area contributed by atoms with Gasteiger partial charge in [-0.3, -0.25) is 9.78 Å². The second-order valence-corrected chi connectivity index (χ2v) is 11.7. The lowest BCUT2D eigenvalue weighted by molar-refractivity contribution is -0.127. The number of amides is 1. The van der Waals surface area contributed by atoms with Crippen LogP contribution < -0.4 is 9.64 Å². The van der Waals surface area contributed by atoms with Gasteiger partial charge >= 0.3 is 6.01 Å². The summed E-state index contributed by atoms with van der Waals surface area (Å²) in [6.07, 6.45) is 5.78. The fourth-order valence-electron chi connectivity index (χ4n) is 6.66. The van der Waals surface area contributed by atoms with Crippen molar-refractivity contribution in [2.24, 2.45) is 0 Å². The molecule has 216 valence electrons. The van der Waals surface area contributed by atoms with Crippen LogP contribution in [0.2, 0.25) is 5.02 Å². The number of ether oxygens (including phenoxy) is 1. The number of carbonyl (C=O) groups excluding carboxylic acids is 1. The van der Waals surface area contributed by atoms with Crippen LogP contribution >= 0.6 is 11.6 Å². The van der Waals surface area contributed by atoms with Crippen LogP contribution in [-0.4, -0.2) is 87.2 Å². The van der Waals surface area contributed by atoms with Gasteiger partial charge in [0.15, 0.2) is 5.82 Å². The number of hydrogen-bond acceptors (Lipinski definition) is 8. The number of carbonyl (C=O) groups is 1. The molecular formula is C31H30ClFN6O3. The Morgan fingerprint density at radius 3 is 2.88 bits per heavy atom. The highest BCUT2D eigenvalue weighted by Gasteiger charge is 2.49. The number of aromatic hydroxyl groups is 1. The topological polar surface area (TPSA) is 94.9 Å². The lowest BCUT2D eigenvalue weighted by Crippen LogP contribution is -2.63. The van der Waals surface area contributed by atoms with Crippen molar-refractivity contribution in [3.63, 3.8) is 0 Å². The van der Waals surface area contributed by atoms with E-state index in [1.54, 1.807) is 30.5 Å². The predicted molar refractivity (Wildman–Crippen MR) is 160 cm³/mol. The van der Waals surface area contributed by atoms with Gasteiger partial charge in [0.05, 0.1) is 17.5 Å². The van der Waals surface area contributed by atoms with Gasteiger partial charge in [0.25, 0.3) is 0 Å². The maximum atomic E-state index is 16.6. The molecule has 42 heavy (non-hydrogen) atoms. The number of pyridine rings is 1. The molecule has 11 heteroatoms. The van der Waals surface area contributed by atoms with Crippen molar-refractivity contribution < 1.29 is 19.0 Å². The maximum Gasteiger partial charge on any atom is 0.319 e. The number of hydrogen-bond donors (Lipinski definition) is 1. The lowest BCUT2D eigenvalue weighted by atomic mass is 9.96. The molecule has 3 fully saturated rings. The summed E-state index contributed by atoms with van der Waals surface area (Å²) in [4.78, 5) is 32.4. The Morgan fingerprint density at radius 1 is 1.24 bits per heavy atom. The summed E-state index contributed by atoms with van der Waals surface area (Å²) < 4.78 is 22.7. The second-order valence-electron chi connectivity index (χ2n) is 11.2. The molecule has 0 radical (unpaired) electrons. The highest BCUT2D eigenvalue weighted by Crippen LogP contribution is 2.42. The van der Waals surface area contributed by atoms with E-state index < -0.39 is 5.82 Å². The van der Waals surface area contributed by atoms with Crippen LogP contribution in [0.25, 0.3) is 32.9 Å². The van der Waals surface area contributed by atoms with Crippen LogP contribution in [0.3, 0.4) is 0 Å². The van der Waals surface area contributed by atoms with Gasteiger partial charge in [-0.15, -0.1) is 0 Å². The first-order valence-corrected chi connectivity index (χ1v) is 14.5. The number of phenolic OH excluding ortho intramolecular Hbond substituents is 1. The number of anilines is 1. The van der Waals surface area contributed by atoms with E-state index in [1.807, 2.05) is 4.90 Å². The lowest BCUT2D eigenvalue weighted by Gasteiger charge is -2.47. The highest BCUT2D eigenvalue weighted by atomic mass is 35.5. The van der Waals surface area contributed by atoms with Gasteiger partial charge in [-0.25, -0.2) is 4.39 Å². The molecule has 7 rings (SSSR count). The van der Waals surface area contributed by atoms with Crippen molar-refractivity contribution in [2.45, 2.75) is 37.4 Å². The minimum atomic E-state index is -0.655. The summed E-state index contributed by atoms with van der Waals surface area (Å²) in [5, 5.41) is 12.6. The van der Waals surface area contributed by atoms with Gasteiger partial charge < -0.3 is 24.5 Å². The van der Waals surface area contributed by atoms with Crippen LogP contribution in [0.15, 0.2) is 49.2 Å². The largest absolute Gasteiger partial charge is 0.508 e. The van der Waals surface area contributed by atoms with Crippen molar-refractivity contribution in [1.82, 2.24) is 24.8 Å². The molecule has 3 aliphatic rings. The standard InChI is InChI=1S/C31H30ClFN6O3/c1-3-25(41)38-11-9-23-24(38)15-39(23)30-21-14-34-28(20-13-19(40)12-17-6-4-8-22(32)26(17)20)27(33)29(21)35-31(36-30)42-16-18-7-5-10-37(18)2/h3-4,6,8,12-14,18,23-24,40H,1,5,7,9-11,15-16H2,2H3/t18?,23-,24-/m1/s1. The van der Waals surface area contributed by atoms with Crippen LogP contribution in [0.4, 0.5) is 10.2 Å². The number of aromatic nitrogens is 3. The van der Waals surface area contributed by atoms with E-state index >= 15 is 4.39 Å². The summed E-state index contributed by atoms with van der Waals surface area (Å²) in [5.74, 6) is -0.243. The quantitative estimate of drug-likeness (QED) is 0.321. The SMILES string of the molecule is C=CC(=O)N1CC[C@@H]2[C@H]1CN2c1nc(OCC2CCCN2C)nc2c(F)c(-c3cc(O)cc4cccc(Cl)c34)ncc12. The normalized spacial score (nSPS) is 22.0. The summed E-state index contributed by atoms with van der Waals surface area (Å²) in [6, 6.07) is 8.74. The van der Waals surface area contributed by atoms with E-state index in [4.69, 9.17) is 21.3 Å². The molecule has 4 aromatic rings. The van der Waals surface area contributed by atoms with E-state index in [1.165, 1.54) is 12.1 Å². The molecule has 2 aromatic carbocycles. The summed E-state index contributed by atoms with van der Waals surface area (Å²) in [7, 11) is 2.06. The van der Waals surface area contributed by atoms with Crippen molar-refractivity contribution in [3.8, 4) is 23.0 Å². The molecule has 1 N–H and O–H groups in total. The minimum Gasteiger partial charge on any atom is -0.508 e. The average molecular weight is 589 g/mol. The van der Waals surface area contributed by atoms with Crippen LogP contribution in [0.1, 0.15) is 19.3 Å². The summed E-state index contributed by atoms with van der Waals surface area (Å²) in [6.45, 7) is 6.20. The maximum absolute atomic E-state index is 16.6. The molecule has 5 heterocycles. The van der Waals surface area contributed by atoms with Crippen molar-refractivity contribution in [2.75, 3.05) is 38.2 Å². The molecule has 9 nitrogen and oxygen atoms in total. The van der Waals surface area contributed by atoms with E-state index in [2.05, 4.69) is 33.4 Å². The smallest absolute Gasteiger partial charge is 0.319 e. The summed E-state index contributed by atoms with van der Waals surface area (Å²) >= 11 is 6.54. The first-order valence-electron chi connectivity index (χ1n) is 14.1. The number of likely N-dealkylation sites (N-methyl/N-ethyl adjacent to an activating group) is 1. The van der Waals surface area contributed by atoms with Crippen molar-refractivity contribution in [1.29, 1.82) is 0 Å². The first kappa shape index (κ1) is 26.9. The number of rotatable bonds is 6. The average Bonchev–Trinajstić information content (AvgIpc) is 3.53. The molecule has 1 unspecified atom stereocenters. The van der Waals surface area contributed by atoms with Crippen LogP contribution in [-0.2, 0) is 4.79 Å². The van der Waals surface area contributed by atoms with Gasteiger partial charge in [0.2, 0.25) is 5.91 Å². The van der Waals surface area contributed by atoms with Gasteiger partial charge in [-0.2, -0.15) is 9.97 Å². The molecule has 1 amide bonds. The number of likely N-dealkylation sites (tertiary alicyclic amines) is 2. The Bertz CT molecular complexity index is 1750. The van der Waals surface area contributed by atoms with Gasteiger partial charge in [0.1, 0.15) is 29.4 Å². The third kappa shape index (κ3) is 4.32. The molecule has 0 aliphatic carbocycles. The Morgan fingerprint density at radius 2 is 2.10 bits per heavy atom. The Labute approximate surface area is 247 Å². The van der Waals surface area contributed by atoms with Gasteiger partial charge in [-0.05, 0) is 62.5 Å². The van der Waals surface area contributed by atoms with E-state index in [0.717, 1.165) is 25.8 Å². The number of halogens is 2.